The number of carbonyl (C=O) groups excluding carboxylic acids is 1. The van der Waals surface area contributed by atoms with Crippen molar-refractivity contribution < 1.29 is 28.8 Å². The summed E-state index contributed by atoms with van der Waals surface area (Å²) in [5.41, 5.74) is 1.42. The number of esters is 1. The Labute approximate surface area is 172 Å². The SMILES string of the molecule is CC(C)CO.CCCc1cc(Oc2ccc(P(C)(=O)O)cc2)cc(C(=O)OC)c1. The van der Waals surface area contributed by atoms with E-state index < -0.39 is 13.3 Å². The molecule has 160 valence electrons. The monoisotopic (exact) mass is 422 g/mol. The number of hydrogen-bond acceptors (Lipinski definition) is 5. The fourth-order valence-electron chi connectivity index (χ4n) is 2.32. The fraction of sp³-hybridized carbons (Fsp3) is 0.409. The number of rotatable bonds is 7. The van der Waals surface area contributed by atoms with E-state index in [1.165, 1.54) is 13.8 Å². The van der Waals surface area contributed by atoms with Crippen LogP contribution in [0.1, 0.15) is 43.1 Å². The standard InChI is InChI=1S/C18H21O5P.C4H10O/c1-4-5-13-10-14(18(19)22-2)12-16(11-13)23-15-6-8-17(9-7-15)24(3,20)21;1-4(2)3-5/h6-12H,4-5H2,1-3H3,(H,20,21);4-5H,3H2,1-2H3. The Morgan fingerprint density at radius 1 is 1.10 bits per heavy atom. The molecule has 1 atom stereocenters. The number of aliphatic hydroxyl groups is 1. The maximum absolute atomic E-state index is 11.8. The van der Waals surface area contributed by atoms with Crippen LogP contribution in [-0.2, 0) is 15.7 Å². The number of benzene rings is 2. The van der Waals surface area contributed by atoms with Gasteiger partial charge in [0, 0.05) is 18.6 Å². The summed E-state index contributed by atoms with van der Waals surface area (Å²) in [7, 11) is -1.94. The lowest BCUT2D eigenvalue weighted by molar-refractivity contribution is 0.0600. The van der Waals surface area contributed by atoms with Crippen LogP contribution >= 0.6 is 7.37 Å². The molecule has 0 aliphatic heterocycles. The largest absolute Gasteiger partial charge is 0.465 e. The number of aryl methyl sites for hydroxylation is 1. The van der Waals surface area contributed by atoms with E-state index in [2.05, 4.69) is 6.92 Å². The highest BCUT2D eigenvalue weighted by atomic mass is 31.2. The second kappa shape index (κ2) is 11.8. The molecule has 0 aliphatic carbocycles. The molecule has 0 heterocycles. The first-order valence-electron chi connectivity index (χ1n) is 9.52. The van der Waals surface area contributed by atoms with Gasteiger partial charge in [0.25, 0.3) is 0 Å². The van der Waals surface area contributed by atoms with E-state index in [9.17, 15) is 14.3 Å². The average Bonchev–Trinajstić information content (AvgIpc) is 2.67. The van der Waals surface area contributed by atoms with Gasteiger partial charge in [-0.05, 0) is 60.4 Å². The third-order valence-electron chi connectivity index (χ3n) is 3.84. The summed E-state index contributed by atoms with van der Waals surface area (Å²) in [6.07, 6.45) is 1.77. The summed E-state index contributed by atoms with van der Waals surface area (Å²) in [5.74, 6) is 1.07. The predicted molar refractivity (Wildman–Crippen MR) is 116 cm³/mol. The third kappa shape index (κ3) is 8.82. The van der Waals surface area contributed by atoms with Crippen LogP contribution < -0.4 is 10.0 Å². The van der Waals surface area contributed by atoms with E-state index in [0.29, 0.717) is 34.9 Å². The molecule has 0 saturated heterocycles. The van der Waals surface area contributed by atoms with Crippen LogP contribution in [0, 0.1) is 5.92 Å². The Morgan fingerprint density at radius 3 is 2.14 bits per heavy atom. The molecule has 6 nitrogen and oxygen atoms in total. The Kier molecular flexibility index (Phi) is 10.1. The maximum Gasteiger partial charge on any atom is 0.337 e. The normalized spacial score (nSPS) is 12.6. The third-order valence-corrected chi connectivity index (χ3v) is 5.10. The van der Waals surface area contributed by atoms with Crippen molar-refractivity contribution in [3.63, 3.8) is 0 Å². The molecule has 0 spiro atoms. The second-order valence-electron chi connectivity index (χ2n) is 7.16. The number of methoxy groups -OCH3 is 1. The lowest BCUT2D eigenvalue weighted by atomic mass is 10.1. The van der Waals surface area contributed by atoms with Gasteiger partial charge in [0.2, 0.25) is 7.37 Å². The Morgan fingerprint density at radius 2 is 1.69 bits per heavy atom. The van der Waals surface area contributed by atoms with Crippen molar-refractivity contribution in [2.75, 3.05) is 20.4 Å². The van der Waals surface area contributed by atoms with Crippen LogP contribution in [-0.4, -0.2) is 36.4 Å². The van der Waals surface area contributed by atoms with Gasteiger partial charge in [0.05, 0.1) is 12.7 Å². The van der Waals surface area contributed by atoms with Crippen LogP contribution in [0.5, 0.6) is 11.5 Å². The second-order valence-corrected chi connectivity index (χ2v) is 9.43. The zero-order valence-electron chi connectivity index (χ0n) is 17.7. The fourth-order valence-corrected chi connectivity index (χ4v) is 3.02. The van der Waals surface area contributed by atoms with E-state index in [-0.39, 0.29) is 0 Å². The summed E-state index contributed by atoms with van der Waals surface area (Å²) in [5, 5.41) is 8.51. The summed E-state index contributed by atoms with van der Waals surface area (Å²) in [4.78, 5) is 21.3. The molecule has 1 unspecified atom stereocenters. The van der Waals surface area contributed by atoms with Crippen molar-refractivity contribution in [2.45, 2.75) is 33.6 Å². The molecule has 7 heteroatoms. The molecule has 29 heavy (non-hydrogen) atoms. The quantitative estimate of drug-likeness (QED) is 0.508. The molecule has 2 N–H and O–H groups in total. The molecule has 0 amide bonds. The molecular formula is C22H31O6P. The predicted octanol–water partition coefficient (Wildman–Crippen LogP) is 4.38. The van der Waals surface area contributed by atoms with Crippen LogP contribution in [0.15, 0.2) is 42.5 Å². The topological polar surface area (TPSA) is 93.1 Å². The zero-order chi connectivity index (χ0) is 22.0. The minimum absolute atomic E-state index is 0.306. The molecule has 0 aromatic heterocycles. The van der Waals surface area contributed by atoms with Crippen molar-refractivity contribution >= 4 is 18.6 Å². The molecule has 0 saturated carbocycles. The minimum atomic E-state index is -3.28. The minimum Gasteiger partial charge on any atom is -0.465 e. The van der Waals surface area contributed by atoms with E-state index in [0.717, 1.165) is 18.4 Å². The average molecular weight is 422 g/mol. The van der Waals surface area contributed by atoms with Crippen molar-refractivity contribution in [3.8, 4) is 11.5 Å². The summed E-state index contributed by atoms with van der Waals surface area (Å²) in [6.45, 7) is 7.60. The number of carbonyl (C=O) groups is 1. The molecule has 0 fully saturated rings. The van der Waals surface area contributed by atoms with Crippen molar-refractivity contribution in [1.29, 1.82) is 0 Å². The van der Waals surface area contributed by atoms with Gasteiger partial charge >= 0.3 is 5.97 Å². The zero-order valence-corrected chi connectivity index (χ0v) is 18.6. The van der Waals surface area contributed by atoms with Gasteiger partial charge in [-0.2, -0.15) is 0 Å². The summed E-state index contributed by atoms with van der Waals surface area (Å²) >= 11 is 0. The van der Waals surface area contributed by atoms with Crippen LogP contribution in [0.3, 0.4) is 0 Å². The highest BCUT2D eigenvalue weighted by Crippen LogP contribution is 2.34. The van der Waals surface area contributed by atoms with E-state index in [1.54, 1.807) is 36.4 Å². The van der Waals surface area contributed by atoms with Gasteiger partial charge in [0.15, 0.2) is 0 Å². The van der Waals surface area contributed by atoms with Gasteiger partial charge in [-0.3, -0.25) is 4.57 Å². The van der Waals surface area contributed by atoms with E-state index >= 15 is 0 Å². The highest BCUT2D eigenvalue weighted by molar-refractivity contribution is 7.65. The van der Waals surface area contributed by atoms with Gasteiger partial charge in [-0.25, -0.2) is 4.79 Å². The van der Waals surface area contributed by atoms with Crippen LogP contribution in [0.4, 0.5) is 0 Å². The lowest BCUT2D eigenvalue weighted by Gasteiger charge is -2.11. The smallest absolute Gasteiger partial charge is 0.337 e. The van der Waals surface area contributed by atoms with Gasteiger partial charge < -0.3 is 19.5 Å². The Bertz CT molecular complexity index is 824. The Balaban J connectivity index is 0.000000749. The molecule has 2 aromatic rings. The van der Waals surface area contributed by atoms with Gasteiger partial charge in [-0.1, -0.05) is 27.2 Å². The van der Waals surface area contributed by atoms with Crippen molar-refractivity contribution in [1.82, 2.24) is 0 Å². The number of hydrogen-bond donors (Lipinski definition) is 2. The summed E-state index contributed by atoms with van der Waals surface area (Å²) in [6, 6.07) is 11.7. The summed E-state index contributed by atoms with van der Waals surface area (Å²) < 4.78 is 22.2. The highest BCUT2D eigenvalue weighted by Gasteiger charge is 2.14. The van der Waals surface area contributed by atoms with Crippen LogP contribution in [0.2, 0.25) is 0 Å². The van der Waals surface area contributed by atoms with Crippen molar-refractivity contribution in [3.05, 3.63) is 53.6 Å². The first-order valence-corrected chi connectivity index (χ1v) is 11.6. The Hall–Kier alpha value is -2.14. The maximum atomic E-state index is 11.8. The molecule has 2 aromatic carbocycles. The molecule has 0 radical (unpaired) electrons. The van der Waals surface area contributed by atoms with E-state index in [4.69, 9.17) is 14.6 Å². The lowest BCUT2D eigenvalue weighted by Crippen LogP contribution is -2.03. The number of aliphatic hydroxyl groups excluding tert-OH is 1. The molecule has 0 aliphatic rings. The molecular weight excluding hydrogens is 391 g/mol. The first kappa shape index (κ1) is 24.9. The van der Waals surface area contributed by atoms with Crippen molar-refractivity contribution in [2.24, 2.45) is 5.92 Å². The van der Waals surface area contributed by atoms with E-state index in [1.807, 2.05) is 19.9 Å². The molecule has 0 bridgehead atoms. The first-order chi connectivity index (χ1) is 13.6. The number of ether oxygens (including phenoxy) is 2. The van der Waals surface area contributed by atoms with Gasteiger partial charge in [-0.15, -0.1) is 0 Å². The van der Waals surface area contributed by atoms with Gasteiger partial charge in [0.1, 0.15) is 11.5 Å². The van der Waals surface area contributed by atoms with Crippen LogP contribution in [0.25, 0.3) is 0 Å². The molecule has 2 rings (SSSR count).